The van der Waals surface area contributed by atoms with Gasteiger partial charge in [-0.05, 0) is 47.0 Å². The summed E-state index contributed by atoms with van der Waals surface area (Å²) in [7, 11) is 0. The molecule has 12 heavy (non-hydrogen) atoms. The second-order valence-corrected chi connectivity index (χ2v) is 3.82. The van der Waals surface area contributed by atoms with Crippen molar-refractivity contribution in [1.82, 2.24) is 0 Å². The highest BCUT2D eigenvalue weighted by atomic mass is 79.9. The van der Waals surface area contributed by atoms with Crippen LogP contribution in [0.2, 0.25) is 0 Å². The standard InChI is InChI=1S/C9H12BrNO/c1-6(11)4-7-2-3-8(10)9(12)5-7/h2-3,5-6,12H,4,11H2,1H3. The molecule has 2 nitrogen and oxygen atoms in total. The largest absolute Gasteiger partial charge is 0.507 e. The van der Waals surface area contributed by atoms with Crippen LogP contribution in [0.5, 0.6) is 5.75 Å². The molecule has 0 amide bonds. The van der Waals surface area contributed by atoms with Crippen molar-refractivity contribution in [2.45, 2.75) is 19.4 Å². The summed E-state index contributed by atoms with van der Waals surface area (Å²) in [5.74, 6) is 0.271. The van der Waals surface area contributed by atoms with Crippen LogP contribution < -0.4 is 5.73 Å². The Morgan fingerprint density at radius 2 is 2.25 bits per heavy atom. The van der Waals surface area contributed by atoms with Crippen LogP contribution in [0, 0.1) is 0 Å². The van der Waals surface area contributed by atoms with Gasteiger partial charge in [0.15, 0.2) is 0 Å². The lowest BCUT2D eigenvalue weighted by Crippen LogP contribution is -2.17. The highest BCUT2D eigenvalue weighted by Crippen LogP contribution is 2.24. The van der Waals surface area contributed by atoms with Gasteiger partial charge in [-0.2, -0.15) is 0 Å². The zero-order valence-corrected chi connectivity index (χ0v) is 8.51. The van der Waals surface area contributed by atoms with Gasteiger partial charge in [-0.3, -0.25) is 0 Å². The third-order valence-electron chi connectivity index (χ3n) is 1.57. The predicted octanol–water partition coefficient (Wildman–Crippen LogP) is 2.04. The molecule has 0 heterocycles. The first-order valence-electron chi connectivity index (χ1n) is 3.82. The average molecular weight is 230 g/mol. The Kier molecular flexibility index (Phi) is 3.12. The van der Waals surface area contributed by atoms with Crippen molar-refractivity contribution in [3.63, 3.8) is 0 Å². The Hall–Kier alpha value is -0.540. The molecule has 1 rings (SSSR count). The maximum Gasteiger partial charge on any atom is 0.130 e. The Labute approximate surface area is 80.5 Å². The van der Waals surface area contributed by atoms with Crippen LogP contribution in [0.3, 0.4) is 0 Å². The summed E-state index contributed by atoms with van der Waals surface area (Å²) in [5, 5.41) is 9.33. The molecule has 0 fully saturated rings. The van der Waals surface area contributed by atoms with E-state index in [4.69, 9.17) is 5.73 Å². The Balaban J connectivity index is 2.82. The Bertz CT molecular complexity index is 273. The van der Waals surface area contributed by atoms with Crippen LogP contribution in [-0.4, -0.2) is 11.1 Å². The van der Waals surface area contributed by atoms with Crippen LogP contribution in [0.1, 0.15) is 12.5 Å². The molecule has 0 saturated heterocycles. The van der Waals surface area contributed by atoms with E-state index >= 15 is 0 Å². The smallest absolute Gasteiger partial charge is 0.130 e. The quantitative estimate of drug-likeness (QED) is 0.816. The minimum Gasteiger partial charge on any atom is -0.507 e. The van der Waals surface area contributed by atoms with Crippen LogP contribution in [0.4, 0.5) is 0 Å². The first-order chi connectivity index (χ1) is 5.59. The van der Waals surface area contributed by atoms with E-state index in [0.717, 1.165) is 16.5 Å². The summed E-state index contributed by atoms with van der Waals surface area (Å²) in [4.78, 5) is 0. The highest BCUT2D eigenvalue weighted by molar-refractivity contribution is 9.10. The van der Waals surface area contributed by atoms with Gasteiger partial charge in [0, 0.05) is 6.04 Å². The van der Waals surface area contributed by atoms with E-state index in [0.29, 0.717) is 0 Å². The van der Waals surface area contributed by atoms with Gasteiger partial charge in [0.25, 0.3) is 0 Å². The number of benzene rings is 1. The van der Waals surface area contributed by atoms with Gasteiger partial charge in [0.05, 0.1) is 4.47 Å². The van der Waals surface area contributed by atoms with Gasteiger partial charge in [-0.25, -0.2) is 0 Å². The fourth-order valence-electron chi connectivity index (χ4n) is 1.06. The minimum atomic E-state index is 0.130. The molecule has 0 aliphatic heterocycles. The maximum atomic E-state index is 9.33. The van der Waals surface area contributed by atoms with E-state index in [1.807, 2.05) is 19.1 Å². The van der Waals surface area contributed by atoms with Gasteiger partial charge in [-0.15, -0.1) is 0 Å². The predicted molar refractivity (Wildman–Crippen MR) is 53.2 cm³/mol. The van der Waals surface area contributed by atoms with E-state index < -0.39 is 0 Å². The average Bonchev–Trinajstić information content (AvgIpc) is 1.96. The van der Waals surface area contributed by atoms with Gasteiger partial charge >= 0.3 is 0 Å². The Morgan fingerprint density at radius 3 is 2.75 bits per heavy atom. The van der Waals surface area contributed by atoms with Crippen molar-refractivity contribution in [2.24, 2.45) is 5.73 Å². The molecule has 3 N–H and O–H groups in total. The summed E-state index contributed by atoms with van der Waals surface area (Å²) >= 11 is 3.21. The topological polar surface area (TPSA) is 46.2 Å². The fourth-order valence-corrected chi connectivity index (χ4v) is 1.30. The molecule has 1 aromatic rings. The molecule has 1 atom stereocenters. The lowest BCUT2D eigenvalue weighted by molar-refractivity contribution is 0.471. The molecular weight excluding hydrogens is 218 g/mol. The molecule has 0 aliphatic rings. The second kappa shape index (κ2) is 3.92. The Morgan fingerprint density at radius 1 is 1.58 bits per heavy atom. The summed E-state index contributed by atoms with van der Waals surface area (Å²) in [6, 6.07) is 5.64. The molecule has 1 unspecified atom stereocenters. The van der Waals surface area contributed by atoms with Crippen molar-refractivity contribution < 1.29 is 5.11 Å². The number of aromatic hydroxyl groups is 1. The minimum absolute atomic E-state index is 0.130. The third-order valence-corrected chi connectivity index (χ3v) is 2.24. The molecule has 0 bridgehead atoms. The zero-order valence-electron chi connectivity index (χ0n) is 6.92. The van der Waals surface area contributed by atoms with Crippen molar-refractivity contribution in [2.75, 3.05) is 0 Å². The molecule has 0 saturated carbocycles. The number of hydrogen-bond donors (Lipinski definition) is 2. The maximum absolute atomic E-state index is 9.33. The normalized spacial score (nSPS) is 12.9. The lowest BCUT2D eigenvalue weighted by Gasteiger charge is -2.05. The summed E-state index contributed by atoms with van der Waals surface area (Å²) < 4.78 is 0.718. The molecular formula is C9H12BrNO. The van der Waals surface area contributed by atoms with Crippen molar-refractivity contribution >= 4 is 15.9 Å². The van der Waals surface area contributed by atoms with E-state index in [-0.39, 0.29) is 11.8 Å². The first-order valence-corrected chi connectivity index (χ1v) is 4.62. The number of phenolic OH excluding ortho intramolecular Hbond substituents is 1. The number of hydrogen-bond acceptors (Lipinski definition) is 2. The molecule has 66 valence electrons. The molecule has 0 radical (unpaired) electrons. The van der Waals surface area contributed by atoms with Crippen molar-refractivity contribution in [3.05, 3.63) is 28.2 Å². The van der Waals surface area contributed by atoms with E-state index in [1.165, 1.54) is 0 Å². The van der Waals surface area contributed by atoms with Gasteiger partial charge in [-0.1, -0.05) is 6.07 Å². The molecule has 0 aliphatic carbocycles. The number of halogens is 1. The van der Waals surface area contributed by atoms with Crippen molar-refractivity contribution in [3.8, 4) is 5.75 Å². The van der Waals surface area contributed by atoms with E-state index in [9.17, 15) is 5.11 Å². The van der Waals surface area contributed by atoms with E-state index in [2.05, 4.69) is 15.9 Å². The molecule has 1 aromatic carbocycles. The van der Waals surface area contributed by atoms with Crippen LogP contribution in [0.25, 0.3) is 0 Å². The monoisotopic (exact) mass is 229 g/mol. The second-order valence-electron chi connectivity index (χ2n) is 2.97. The lowest BCUT2D eigenvalue weighted by atomic mass is 10.1. The van der Waals surface area contributed by atoms with Gasteiger partial charge in [0.1, 0.15) is 5.75 Å². The van der Waals surface area contributed by atoms with Crippen LogP contribution in [-0.2, 0) is 6.42 Å². The zero-order chi connectivity index (χ0) is 9.14. The third kappa shape index (κ3) is 2.50. The number of phenols is 1. The number of rotatable bonds is 2. The first kappa shape index (κ1) is 9.55. The van der Waals surface area contributed by atoms with Crippen molar-refractivity contribution in [1.29, 1.82) is 0 Å². The summed E-state index contributed by atoms with van der Waals surface area (Å²) in [6.45, 7) is 1.94. The summed E-state index contributed by atoms with van der Waals surface area (Å²) in [6.07, 6.45) is 0.792. The van der Waals surface area contributed by atoms with E-state index in [1.54, 1.807) is 6.07 Å². The van der Waals surface area contributed by atoms with Gasteiger partial charge in [0.2, 0.25) is 0 Å². The molecule has 0 aromatic heterocycles. The van der Waals surface area contributed by atoms with Crippen LogP contribution >= 0.6 is 15.9 Å². The highest BCUT2D eigenvalue weighted by Gasteiger charge is 2.01. The number of nitrogens with two attached hydrogens (primary N) is 1. The van der Waals surface area contributed by atoms with Crippen LogP contribution in [0.15, 0.2) is 22.7 Å². The SMILES string of the molecule is CC(N)Cc1ccc(Br)c(O)c1. The molecule has 3 heteroatoms. The summed E-state index contributed by atoms with van der Waals surface area (Å²) in [5.41, 5.74) is 6.68. The molecule has 0 spiro atoms. The fraction of sp³-hybridized carbons (Fsp3) is 0.333. The van der Waals surface area contributed by atoms with Gasteiger partial charge < -0.3 is 10.8 Å².